The van der Waals surface area contributed by atoms with Gasteiger partial charge in [0.2, 0.25) is 0 Å². The van der Waals surface area contributed by atoms with Crippen LogP contribution < -0.4 is 11.1 Å². The predicted octanol–water partition coefficient (Wildman–Crippen LogP) is 4.07. The van der Waals surface area contributed by atoms with Crippen molar-refractivity contribution in [2.24, 2.45) is 16.3 Å². The van der Waals surface area contributed by atoms with Crippen LogP contribution in [0.25, 0.3) is 0 Å². The fourth-order valence-electron chi connectivity index (χ4n) is 1.65. The van der Waals surface area contributed by atoms with Gasteiger partial charge in [-0.15, -0.1) is 0 Å². The van der Waals surface area contributed by atoms with Crippen LogP contribution in [0.5, 0.6) is 0 Å². The Morgan fingerprint density at radius 2 is 2.21 bits per heavy atom. The van der Waals surface area contributed by atoms with E-state index in [1.54, 1.807) is 0 Å². The molecule has 0 amide bonds. The summed E-state index contributed by atoms with van der Waals surface area (Å²) in [7, 11) is 0. The second-order valence-electron chi connectivity index (χ2n) is 5.02. The molecule has 106 valence electrons. The molecular formula is C13H19BrClN3O. The lowest BCUT2D eigenvalue weighted by Crippen LogP contribution is -2.32. The highest BCUT2D eigenvalue weighted by molar-refractivity contribution is 9.10. The van der Waals surface area contributed by atoms with Crippen molar-refractivity contribution < 1.29 is 5.21 Å². The molecule has 1 rings (SSSR count). The number of hydrogen-bond donors (Lipinski definition) is 3. The fourth-order valence-corrected chi connectivity index (χ4v) is 2.21. The van der Waals surface area contributed by atoms with Gasteiger partial charge in [0.1, 0.15) is 5.84 Å². The molecule has 0 atom stereocenters. The molecule has 0 fully saturated rings. The quantitative estimate of drug-likeness (QED) is 0.239. The lowest BCUT2D eigenvalue weighted by Gasteiger charge is -2.22. The molecule has 4 nitrogen and oxygen atoms in total. The molecule has 0 unspecified atom stereocenters. The van der Waals surface area contributed by atoms with Crippen LogP contribution in [0.3, 0.4) is 0 Å². The van der Waals surface area contributed by atoms with Gasteiger partial charge >= 0.3 is 0 Å². The summed E-state index contributed by atoms with van der Waals surface area (Å²) < 4.78 is 0.979. The van der Waals surface area contributed by atoms with Crippen molar-refractivity contribution in [2.45, 2.75) is 26.7 Å². The van der Waals surface area contributed by atoms with Gasteiger partial charge in [0.25, 0.3) is 0 Å². The number of nitrogens with one attached hydrogen (secondary N) is 1. The van der Waals surface area contributed by atoms with E-state index in [4.69, 9.17) is 22.5 Å². The van der Waals surface area contributed by atoms with Gasteiger partial charge < -0.3 is 16.3 Å². The van der Waals surface area contributed by atoms with Crippen LogP contribution in [0.2, 0.25) is 5.02 Å². The molecule has 0 aromatic heterocycles. The molecule has 0 saturated carbocycles. The zero-order chi connectivity index (χ0) is 14.5. The van der Waals surface area contributed by atoms with Gasteiger partial charge in [-0.05, 0) is 47.0 Å². The van der Waals surface area contributed by atoms with Crippen LogP contribution >= 0.6 is 27.5 Å². The van der Waals surface area contributed by atoms with Crippen LogP contribution in [0, 0.1) is 5.41 Å². The second kappa shape index (κ2) is 7.01. The lowest BCUT2D eigenvalue weighted by molar-refractivity contribution is 0.305. The molecule has 19 heavy (non-hydrogen) atoms. The minimum Gasteiger partial charge on any atom is -0.409 e. The monoisotopic (exact) mass is 347 g/mol. The number of oxime groups is 1. The minimum absolute atomic E-state index is 0.261. The van der Waals surface area contributed by atoms with Gasteiger partial charge in [-0.3, -0.25) is 0 Å². The number of nitrogens with zero attached hydrogens (tertiary/aromatic N) is 1. The highest BCUT2D eigenvalue weighted by Crippen LogP contribution is 2.27. The molecule has 0 radical (unpaired) electrons. The number of halogens is 2. The fraction of sp³-hybridized carbons (Fsp3) is 0.462. The van der Waals surface area contributed by atoms with E-state index in [0.717, 1.165) is 29.5 Å². The molecule has 6 heteroatoms. The average Bonchev–Trinajstić information content (AvgIpc) is 2.37. The van der Waals surface area contributed by atoms with E-state index in [-0.39, 0.29) is 11.3 Å². The maximum absolute atomic E-state index is 8.70. The van der Waals surface area contributed by atoms with Crippen LogP contribution in [0.4, 0.5) is 5.69 Å². The third-order valence-electron chi connectivity index (χ3n) is 3.02. The van der Waals surface area contributed by atoms with Crippen molar-refractivity contribution in [1.82, 2.24) is 0 Å². The Bertz CT molecular complexity index is 463. The van der Waals surface area contributed by atoms with Gasteiger partial charge in [0, 0.05) is 27.1 Å². The van der Waals surface area contributed by atoms with E-state index < -0.39 is 0 Å². The third-order valence-corrected chi connectivity index (χ3v) is 3.95. The Balaban J connectivity index is 2.45. The number of rotatable bonds is 6. The van der Waals surface area contributed by atoms with Gasteiger partial charge in [0.15, 0.2) is 0 Å². The molecule has 1 aromatic rings. The molecule has 0 spiro atoms. The maximum atomic E-state index is 8.70. The van der Waals surface area contributed by atoms with Gasteiger partial charge in [-0.2, -0.15) is 0 Å². The predicted molar refractivity (Wildman–Crippen MR) is 84.1 cm³/mol. The maximum Gasteiger partial charge on any atom is 0.144 e. The highest BCUT2D eigenvalue weighted by atomic mass is 79.9. The van der Waals surface area contributed by atoms with E-state index in [0.29, 0.717) is 5.02 Å². The molecule has 0 heterocycles. The largest absolute Gasteiger partial charge is 0.409 e. The number of amidine groups is 1. The molecule has 1 aromatic carbocycles. The number of nitrogens with two attached hydrogens (primary N) is 1. The smallest absolute Gasteiger partial charge is 0.144 e. The number of hydrogen-bond acceptors (Lipinski definition) is 3. The first-order valence-corrected chi connectivity index (χ1v) is 7.21. The average molecular weight is 349 g/mol. The Labute approximate surface area is 127 Å². The Morgan fingerprint density at radius 1 is 1.53 bits per heavy atom. The van der Waals surface area contributed by atoms with Crippen molar-refractivity contribution in [1.29, 1.82) is 0 Å². The van der Waals surface area contributed by atoms with Crippen molar-refractivity contribution in [2.75, 3.05) is 11.9 Å². The van der Waals surface area contributed by atoms with Crippen LogP contribution in [0.15, 0.2) is 27.8 Å². The van der Waals surface area contributed by atoms with E-state index in [1.807, 2.05) is 32.0 Å². The van der Waals surface area contributed by atoms with Crippen molar-refractivity contribution in [3.8, 4) is 0 Å². The topological polar surface area (TPSA) is 70.6 Å². The molecule has 4 N–H and O–H groups in total. The molecule has 0 aliphatic rings. The summed E-state index contributed by atoms with van der Waals surface area (Å²) in [5.41, 5.74) is 6.31. The summed E-state index contributed by atoms with van der Waals surface area (Å²) >= 11 is 9.40. The van der Waals surface area contributed by atoms with E-state index >= 15 is 0 Å². The second-order valence-corrected chi connectivity index (χ2v) is 6.31. The number of anilines is 1. The zero-order valence-electron chi connectivity index (χ0n) is 11.1. The van der Waals surface area contributed by atoms with Crippen molar-refractivity contribution in [3.05, 3.63) is 27.7 Å². The molecule has 0 aliphatic heterocycles. The Hall–Kier alpha value is -0.940. The summed E-state index contributed by atoms with van der Waals surface area (Å²) in [5, 5.41) is 15.8. The standard InChI is InChI=1S/C13H19BrClN3O/c1-13(2,12(16)18-19)6-3-7-17-11-8-9(15)4-5-10(11)14/h4-5,8,17,19H,3,6-7H2,1-2H3,(H2,16,18). The summed E-state index contributed by atoms with van der Waals surface area (Å²) in [6.07, 6.45) is 1.73. The van der Waals surface area contributed by atoms with E-state index in [2.05, 4.69) is 26.4 Å². The SMILES string of the molecule is CC(C)(CCCNc1cc(Cl)ccc1Br)/C(N)=N/O. The first kappa shape index (κ1) is 16.1. The van der Waals surface area contributed by atoms with E-state index in [1.165, 1.54) is 0 Å². The molecule has 0 aliphatic carbocycles. The van der Waals surface area contributed by atoms with Gasteiger partial charge in [-0.1, -0.05) is 30.6 Å². The Kier molecular flexibility index (Phi) is 5.94. The van der Waals surface area contributed by atoms with Gasteiger partial charge in [0.05, 0.1) is 0 Å². The highest BCUT2D eigenvalue weighted by Gasteiger charge is 2.22. The van der Waals surface area contributed by atoms with Crippen LogP contribution in [-0.2, 0) is 0 Å². The first-order valence-electron chi connectivity index (χ1n) is 6.04. The van der Waals surface area contributed by atoms with Crippen molar-refractivity contribution >= 4 is 39.1 Å². The number of benzene rings is 1. The minimum atomic E-state index is -0.304. The van der Waals surface area contributed by atoms with E-state index in [9.17, 15) is 0 Å². The zero-order valence-corrected chi connectivity index (χ0v) is 13.4. The molecule has 0 bridgehead atoms. The molecular weight excluding hydrogens is 330 g/mol. The summed E-state index contributed by atoms with van der Waals surface area (Å²) in [4.78, 5) is 0. The van der Waals surface area contributed by atoms with Gasteiger partial charge in [-0.25, -0.2) is 0 Å². The van der Waals surface area contributed by atoms with Crippen LogP contribution in [-0.4, -0.2) is 17.6 Å². The van der Waals surface area contributed by atoms with Crippen LogP contribution in [0.1, 0.15) is 26.7 Å². The normalized spacial score (nSPS) is 12.5. The first-order chi connectivity index (χ1) is 8.86. The molecule has 0 saturated heterocycles. The third kappa shape index (κ3) is 4.91. The summed E-state index contributed by atoms with van der Waals surface area (Å²) in [5.74, 6) is 0.261. The summed E-state index contributed by atoms with van der Waals surface area (Å²) in [6, 6.07) is 5.61. The van der Waals surface area contributed by atoms with Crippen molar-refractivity contribution in [3.63, 3.8) is 0 Å². The summed E-state index contributed by atoms with van der Waals surface area (Å²) in [6.45, 7) is 4.70. The lowest BCUT2D eigenvalue weighted by atomic mass is 9.86. The Morgan fingerprint density at radius 3 is 2.84 bits per heavy atom.